The summed E-state index contributed by atoms with van der Waals surface area (Å²) < 4.78 is 29.6. The fourth-order valence-electron chi connectivity index (χ4n) is 1.17. The van der Waals surface area contributed by atoms with E-state index in [0.29, 0.717) is 0 Å². The summed E-state index contributed by atoms with van der Waals surface area (Å²) in [6, 6.07) is 1.39. The van der Waals surface area contributed by atoms with Crippen molar-refractivity contribution in [2.45, 2.75) is 19.8 Å². The second kappa shape index (κ2) is 5.21. The minimum atomic E-state index is -2.71. The second-order valence-corrected chi connectivity index (χ2v) is 3.57. The summed E-state index contributed by atoms with van der Waals surface area (Å²) in [7, 11) is 1.21. The Kier molecular flexibility index (Phi) is 4.18. The highest BCUT2D eigenvalue weighted by atomic mass is 35.5. The molecule has 6 heteroatoms. The third-order valence-electron chi connectivity index (χ3n) is 2.06. The van der Waals surface area contributed by atoms with Gasteiger partial charge in [0.1, 0.15) is 5.69 Å². The molecule has 0 aliphatic heterocycles. The lowest BCUT2D eigenvalue weighted by Crippen LogP contribution is -2.08. The largest absolute Gasteiger partial charge is 0.469 e. The molecule has 0 N–H and O–H groups in total. The summed E-state index contributed by atoms with van der Waals surface area (Å²) in [6.07, 6.45) is -2.88. The maximum Gasteiger partial charge on any atom is 0.311 e. The van der Waals surface area contributed by atoms with Gasteiger partial charge in [-0.05, 0) is 18.6 Å². The molecule has 1 aromatic rings. The van der Waals surface area contributed by atoms with E-state index in [-0.39, 0.29) is 22.7 Å². The number of halogens is 3. The Balaban J connectivity index is 3.09. The zero-order valence-electron chi connectivity index (χ0n) is 8.76. The maximum atomic E-state index is 12.6. The second-order valence-electron chi connectivity index (χ2n) is 3.16. The molecule has 0 saturated heterocycles. The molecule has 0 aromatic carbocycles. The average Bonchev–Trinajstić information content (AvgIpc) is 2.22. The monoisotopic (exact) mass is 249 g/mol. The van der Waals surface area contributed by atoms with Crippen LogP contribution < -0.4 is 0 Å². The van der Waals surface area contributed by atoms with Gasteiger partial charge in [0.25, 0.3) is 6.43 Å². The number of carbonyl (C=O) groups excluding carboxylic acids is 1. The molecule has 0 amide bonds. The molecule has 0 aliphatic carbocycles. The zero-order valence-corrected chi connectivity index (χ0v) is 9.52. The van der Waals surface area contributed by atoms with E-state index < -0.39 is 18.1 Å². The normalized spacial score (nSPS) is 10.6. The van der Waals surface area contributed by atoms with Gasteiger partial charge < -0.3 is 4.74 Å². The third-order valence-corrected chi connectivity index (χ3v) is 2.45. The first-order chi connectivity index (χ1) is 7.45. The molecule has 16 heavy (non-hydrogen) atoms. The van der Waals surface area contributed by atoms with Crippen LogP contribution in [0.2, 0.25) is 5.02 Å². The number of rotatable bonds is 3. The predicted octanol–water partition coefficient (Wildman–Crippen LogP) is 2.70. The molecule has 3 nitrogen and oxygen atoms in total. The van der Waals surface area contributed by atoms with Crippen molar-refractivity contribution < 1.29 is 18.3 Å². The van der Waals surface area contributed by atoms with E-state index in [1.807, 2.05) is 0 Å². The SMILES string of the molecule is COC(=O)Cc1cc(Cl)c(C)c(C(F)F)n1. The molecule has 0 bridgehead atoms. The van der Waals surface area contributed by atoms with E-state index in [1.54, 1.807) is 0 Å². The van der Waals surface area contributed by atoms with Crippen molar-refractivity contribution in [1.29, 1.82) is 0 Å². The first-order valence-electron chi connectivity index (χ1n) is 4.46. The average molecular weight is 250 g/mol. The molecular formula is C10H10ClF2NO2. The van der Waals surface area contributed by atoms with Gasteiger partial charge in [-0.2, -0.15) is 0 Å². The number of pyridine rings is 1. The molecule has 1 heterocycles. The van der Waals surface area contributed by atoms with Gasteiger partial charge in [-0.1, -0.05) is 11.6 Å². The smallest absolute Gasteiger partial charge is 0.311 e. The van der Waals surface area contributed by atoms with Crippen molar-refractivity contribution in [1.82, 2.24) is 4.98 Å². The number of nitrogens with zero attached hydrogens (tertiary/aromatic N) is 1. The van der Waals surface area contributed by atoms with Crippen LogP contribution in [0.25, 0.3) is 0 Å². The van der Waals surface area contributed by atoms with Crippen molar-refractivity contribution >= 4 is 17.6 Å². The predicted molar refractivity (Wildman–Crippen MR) is 54.7 cm³/mol. The lowest BCUT2D eigenvalue weighted by atomic mass is 10.1. The molecular weight excluding hydrogens is 240 g/mol. The number of ether oxygens (including phenoxy) is 1. The van der Waals surface area contributed by atoms with Crippen LogP contribution in [-0.2, 0) is 16.0 Å². The van der Waals surface area contributed by atoms with Crippen LogP contribution in [0.4, 0.5) is 8.78 Å². The van der Waals surface area contributed by atoms with Gasteiger partial charge in [-0.25, -0.2) is 8.78 Å². The first kappa shape index (κ1) is 12.8. The summed E-state index contributed by atoms with van der Waals surface area (Å²) in [4.78, 5) is 14.7. The highest BCUT2D eigenvalue weighted by molar-refractivity contribution is 6.31. The molecule has 1 aromatic heterocycles. The highest BCUT2D eigenvalue weighted by Crippen LogP contribution is 2.26. The Morgan fingerprint density at radius 1 is 1.62 bits per heavy atom. The molecule has 0 aliphatic rings. The van der Waals surface area contributed by atoms with Crippen LogP contribution >= 0.6 is 11.6 Å². The third kappa shape index (κ3) is 2.88. The number of carbonyl (C=O) groups is 1. The van der Waals surface area contributed by atoms with E-state index in [0.717, 1.165) is 0 Å². The summed E-state index contributed by atoms with van der Waals surface area (Å²) in [5.41, 5.74) is 0.00874. The van der Waals surface area contributed by atoms with Gasteiger partial charge in [0.2, 0.25) is 0 Å². The summed E-state index contributed by atoms with van der Waals surface area (Å²) in [5.74, 6) is -0.548. The molecule has 0 unspecified atom stereocenters. The van der Waals surface area contributed by atoms with Gasteiger partial charge >= 0.3 is 5.97 Å². The van der Waals surface area contributed by atoms with E-state index in [9.17, 15) is 13.6 Å². The van der Waals surface area contributed by atoms with Gasteiger partial charge in [0.05, 0.1) is 19.2 Å². The molecule has 0 radical (unpaired) electrons. The van der Waals surface area contributed by atoms with Crippen molar-refractivity contribution in [2.24, 2.45) is 0 Å². The van der Waals surface area contributed by atoms with Crippen LogP contribution in [0.5, 0.6) is 0 Å². The summed E-state index contributed by atoms with van der Waals surface area (Å²) in [6.45, 7) is 1.46. The van der Waals surface area contributed by atoms with E-state index in [1.165, 1.54) is 20.1 Å². The van der Waals surface area contributed by atoms with Gasteiger partial charge in [-0.15, -0.1) is 0 Å². The first-order valence-corrected chi connectivity index (χ1v) is 4.84. The quantitative estimate of drug-likeness (QED) is 0.773. The van der Waals surface area contributed by atoms with Crippen molar-refractivity contribution in [3.63, 3.8) is 0 Å². The Bertz CT molecular complexity index is 410. The molecule has 88 valence electrons. The Labute approximate surface area is 96.4 Å². The number of methoxy groups -OCH3 is 1. The number of alkyl halides is 2. The Morgan fingerprint density at radius 3 is 2.75 bits per heavy atom. The minimum absolute atomic E-state index is 0.170. The van der Waals surface area contributed by atoms with Crippen LogP contribution in [0.15, 0.2) is 6.07 Å². The molecule has 0 fully saturated rings. The summed E-state index contributed by atoms with van der Waals surface area (Å²) in [5, 5.41) is 0.171. The lowest BCUT2D eigenvalue weighted by molar-refractivity contribution is -0.139. The fourth-order valence-corrected chi connectivity index (χ4v) is 1.39. The van der Waals surface area contributed by atoms with Gasteiger partial charge in [-0.3, -0.25) is 9.78 Å². The van der Waals surface area contributed by atoms with Crippen LogP contribution in [-0.4, -0.2) is 18.1 Å². The summed E-state index contributed by atoms with van der Waals surface area (Å²) >= 11 is 5.76. The van der Waals surface area contributed by atoms with Crippen molar-refractivity contribution in [3.8, 4) is 0 Å². The molecule has 0 atom stereocenters. The Hall–Kier alpha value is -1.23. The standard InChI is InChI=1S/C10H10ClF2NO2/c1-5-7(11)3-6(4-8(15)16-2)14-9(5)10(12)13/h3,10H,4H2,1-2H3. The zero-order chi connectivity index (χ0) is 12.3. The topological polar surface area (TPSA) is 39.2 Å². The fraction of sp³-hybridized carbons (Fsp3) is 0.400. The minimum Gasteiger partial charge on any atom is -0.469 e. The van der Waals surface area contributed by atoms with Crippen molar-refractivity contribution in [3.05, 3.63) is 28.0 Å². The highest BCUT2D eigenvalue weighted by Gasteiger charge is 2.17. The number of hydrogen-bond acceptors (Lipinski definition) is 3. The van der Waals surface area contributed by atoms with E-state index in [2.05, 4.69) is 9.72 Å². The molecule has 0 spiro atoms. The van der Waals surface area contributed by atoms with Crippen molar-refractivity contribution in [2.75, 3.05) is 7.11 Å². The Morgan fingerprint density at radius 2 is 2.25 bits per heavy atom. The van der Waals surface area contributed by atoms with Gasteiger partial charge in [0, 0.05) is 5.02 Å². The van der Waals surface area contributed by atoms with E-state index in [4.69, 9.17) is 11.6 Å². The number of esters is 1. The molecule has 1 rings (SSSR count). The number of hydrogen-bond donors (Lipinski definition) is 0. The van der Waals surface area contributed by atoms with Crippen LogP contribution in [0.3, 0.4) is 0 Å². The molecule has 0 saturated carbocycles. The van der Waals surface area contributed by atoms with Crippen LogP contribution in [0, 0.1) is 6.92 Å². The maximum absolute atomic E-state index is 12.6. The van der Waals surface area contributed by atoms with E-state index >= 15 is 0 Å². The van der Waals surface area contributed by atoms with Crippen LogP contribution in [0.1, 0.15) is 23.4 Å². The number of aromatic nitrogens is 1. The van der Waals surface area contributed by atoms with Gasteiger partial charge in [0.15, 0.2) is 0 Å². The lowest BCUT2D eigenvalue weighted by Gasteiger charge is -2.08.